The van der Waals surface area contributed by atoms with Crippen LogP contribution in [0, 0.1) is 5.82 Å². The smallest absolute Gasteiger partial charge is 0.247 e. The van der Waals surface area contributed by atoms with Crippen LogP contribution in [0.1, 0.15) is 25.0 Å². The number of nitrogens with zero attached hydrogens (tertiary/aromatic N) is 2. The van der Waals surface area contributed by atoms with E-state index in [1.165, 1.54) is 11.6 Å². The Morgan fingerprint density at radius 3 is 2.34 bits per heavy atom. The fourth-order valence-corrected chi connectivity index (χ4v) is 3.63. The molecule has 2 aromatic carbocycles. The van der Waals surface area contributed by atoms with Crippen LogP contribution >= 0.6 is 0 Å². The minimum Gasteiger partial charge on any atom is -0.349 e. The van der Waals surface area contributed by atoms with Crippen molar-refractivity contribution in [2.24, 2.45) is 0 Å². The molecule has 1 amide bonds. The summed E-state index contributed by atoms with van der Waals surface area (Å²) in [6.45, 7) is 9.60. The van der Waals surface area contributed by atoms with Crippen LogP contribution in [-0.2, 0) is 11.3 Å². The number of carbonyl (C=O) groups is 1. The van der Waals surface area contributed by atoms with E-state index < -0.39 is 0 Å². The number of hydrogen-bond donors (Lipinski definition) is 1. The molecule has 0 aromatic heterocycles. The summed E-state index contributed by atoms with van der Waals surface area (Å²) in [4.78, 5) is 17.3. The second-order valence-electron chi connectivity index (χ2n) is 7.79. The van der Waals surface area contributed by atoms with Crippen LogP contribution in [0.4, 0.5) is 4.39 Å². The zero-order chi connectivity index (χ0) is 20.6. The van der Waals surface area contributed by atoms with Gasteiger partial charge in [-0.2, -0.15) is 0 Å². The van der Waals surface area contributed by atoms with Crippen LogP contribution in [-0.4, -0.2) is 54.5 Å². The molecule has 2 aromatic rings. The monoisotopic (exact) mass is 395 g/mol. The lowest BCUT2D eigenvalue weighted by atomic mass is 10.1. The number of nitrogens with one attached hydrogen (secondary N) is 1. The predicted molar refractivity (Wildman–Crippen MR) is 116 cm³/mol. The van der Waals surface area contributed by atoms with Crippen LogP contribution in [0.25, 0.3) is 6.08 Å². The third-order valence-electron chi connectivity index (χ3n) is 5.26. The van der Waals surface area contributed by atoms with Gasteiger partial charge in [-0.3, -0.25) is 14.6 Å². The van der Waals surface area contributed by atoms with Gasteiger partial charge in [0.05, 0.1) is 0 Å². The lowest BCUT2D eigenvalue weighted by Gasteiger charge is -2.36. The zero-order valence-electron chi connectivity index (χ0n) is 17.3. The summed E-state index contributed by atoms with van der Waals surface area (Å²) in [7, 11) is 0. The SMILES string of the molecule is C/C(=C\c1ccccc1F)C(=O)N[C@@H](C)CN1CCN(Cc2ccccc2)CC1. The van der Waals surface area contributed by atoms with Crippen molar-refractivity contribution in [1.82, 2.24) is 15.1 Å². The van der Waals surface area contributed by atoms with Gasteiger partial charge in [-0.25, -0.2) is 4.39 Å². The van der Waals surface area contributed by atoms with E-state index in [1.54, 1.807) is 31.2 Å². The molecular formula is C24H30FN3O. The third-order valence-corrected chi connectivity index (χ3v) is 5.26. The highest BCUT2D eigenvalue weighted by Crippen LogP contribution is 2.12. The molecule has 0 bridgehead atoms. The van der Waals surface area contributed by atoms with Crippen LogP contribution in [0.5, 0.6) is 0 Å². The number of rotatable bonds is 7. The molecule has 0 radical (unpaired) electrons. The van der Waals surface area contributed by atoms with Crippen molar-refractivity contribution >= 4 is 12.0 Å². The Hall–Kier alpha value is -2.50. The second-order valence-corrected chi connectivity index (χ2v) is 7.79. The van der Waals surface area contributed by atoms with Crippen molar-refractivity contribution < 1.29 is 9.18 Å². The molecule has 154 valence electrons. The first kappa shape index (κ1) is 21.2. The highest BCUT2D eigenvalue weighted by atomic mass is 19.1. The number of amides is 1. The van der Waals surface area contributed by atoms with Crippen LogP contribution < -0.4 is 5.32 Å². The number of benzene rings is 2. The van der Waals surface area contributed by atoms with Gasteiger partial charge in [0, 0.05) is 56.4 Å². The molecule has 1 aliphatic rings. The molecule has 3 rings (SSSR count). The molecule has 1 atom stereocenters. The average molecular weight is 396 g/mol. The van der Waals surface area contributed by atoms with E-state index in [2.05, 4.69) is 39.4 Å². The normalized spacial score (nSPS) is 17.1. The molecule has 1 fully saturated rings. The van der Waals surface area contributed by atoms with E-state index in [4.69, 9.17) is 0 Å². The summed E-state index contributed by atoms with van der Waals surface area (Å²) < 4.78 is 13.8. The predicted octanol–water partition coefficient (Wildman–Crippen LogP) is 3.55. The van der Waals surface area contributed by atoms with Crippen LogP contribution in [0.15, 0.2) is 60.2 Å². The summed E-state index contributed by atoms with van der Waals surface area (Å²) in [6.07, 6.45) is 1.60. The maximum absolute atomic E-state index is 13.8. The summed E-state index contributed by atoms with van der Waals surface area (Å²) >= 11 is 0. The first-order valence-electron chi connectivity index (χ1n) is 10.2. The van der Waals surface area contributed by atoms with E-state index in [0.29, 0.717) is 11.1 Å². The van der Waals surface area contributed by atoms with Crippen molar-refractivity contribution in [3.8, 4) is 0 Å². The Kier molecular flexibility index (Phi) is 7.55. The molecular weight excluding hydrogens is 365 g/mol. The van der Waals surface area contributed by atoms with Gasteiger partial charge in [-0.1, -0.05) is 48.5 Å². The van der Waals surface area contributed by atoms with Gasteiger partial charge < -0.3 is 5.32 Å². The topological polar surface area (TPSA) is 35.6 Å². The van der Waals surface area contributed by atoms with Crippen molar-refractivity contribution in [3.63, 3.8) is 0 Å². The first-order chi connectivity index (χ1) is 14.0. The minimum atomic E-state index is -0.318. The largest absolute Gasteiger partial charge is 0.349 e. The molecule has 0 spiro atoms. The highest BCUT2D eigenvalue weighted by molar-refractivity contribution is 5.97. The van der Waals surface area contributed by atoms with Crippen molar-refractivity contribution in [1.29, 1.82) is 0 Å². The average Bonchev–Trinajstić information content (AvgIpc) is 2.72. The lowest BCUT2D eigenvalue weighted by molar-refractivity contribution is -0.118. The number of halogens is 1. The Balaban J connectivity index is 1.43. The van der Waals surface area contributed by atoms with E-state index in [1.807, 2.05) is 13.0 Å². The van der Waals surface area contributed by atoms with Gasteiger partial charge in [-0.05, 0) is 31.6 Å². The summed E-state index contributed by atoms with van der Waals surface area (Å²) in [6, 6.07) is 17.1. The lowest BCUT2D eigenvalue weighted by Crippen LogP contribution is -2.50. The van der Waals surface area contributed by atoms with E-state index in [0.717, 1.165) is 39.3 Å². The molecule has 1 N–H and O–H groups in total. The highest BCUT2D eigenvalue weighted by Gasteiger charge is 2.19. The van der Waals surface area contributed by atoms with Gasteiger partial charge in [0.1, 0.15) is 5.82 Å². The molecule has 29 heavy (non-hydrogen) atoms. The number of piperazine rings is 1. The fraction of sp³-hybridized carbons (Fsp3) is 0.375. The van der Waals surface area contributed by atoms with E-state index >= 15 is 0 Å². The molecule has 1 aliphatic heterocycles. The van der Waals surface area contributed by atoms with E-state index in [-0.39, 0.29) is 17.8 Å². The van der Waals surface area contributed by atoms with Crippen molar-refractivity contribution in [3.05, 3.63) is 77.1 Å². The second kappa shape index (κ2) is 10.3. The van der Waals surface area contributed by atoms with Gasteiger partial charge in [0.2, 0.25) is 5.91 Å². The minimum absolute atomic E-state index is 0.0344. The molecule has 0 aliphatic carbocycles. The Morgan fingerprint density at radius 1 is 1.03 bits per heavy atom. The Bertz CT molecular complexity index is 829. The molecule has 0 unspecified atom stereocenters. The third kappa shape index (κ3) is 6.51. The number of hydrogen-bond acceptors (Lipinski definition) is 3. The fourth-order valence-electron chi connectivity index (χ4n) is 3.63. The molecule has 1 saturated heterocycles. The quantitative estimate of drug-likeness (QED) is 0.729. The Labute approximate surface area is 173 Å². The van der Waals surface area contributed by atoms with Crippen LogP contribution in [0.2, 0.25) is 0 Å². The summed E-state index contributed by atoms with van der Waals surface area (Å²) in [5, 5.41) is 3.03. The molecule has 1 heterocycles. The van der Waals surface area contributed by atoms with Crippen molar-refractivity contribution in [2.75, 3.05) is 32.7 Å². The van der Waals surface area contributed by atoms with Crippen LogP contribution in [0.3, 0.4) is 0 Å². The first-order valence-corrected chi connectivity index (χ1v) is 10.2. The van der Waals surface area contributed by atoms with E-state index in [9.17, 15) is 9.18 Å². The Morgan fingerprint density at radius 2 is 1.66 bits per heavy atom. The van der Waals surface area contributed by atoms with Gasteiger partial charge in [-0.15, -0.1) is 0 Å². The number of carbonyl (C=O) groups excluding carboxylic acids is 1. The summed E-state index contributed by atoms with van der Waals surface area (Å²) in [5.41, 5.74) is 2.29. The maximum atomic E-state index is 13.8. The summed E-state index contributed by atoms with van der Waals surface area (Å²) in [5.74, 6) is -0.468. The zero-order valence-corrected chi connectivity index (χ0v) is 17.3. The molecule has 4 nitrogen and oxygen atoms in total. The standard InChI is InChI=1S/C24H30FN3O/c1-19(16-22-10-6-7-11-23(22)25)24(29)26-20(2)17-27-12-14-28(15-13-27)18-21-8-4-3-5-9-21/h3-11,16,20H,12-15,17-18H2,1-2H3,(H,26,29)/b19-16+/t20-/m0/s1. The maximum Gasteiger partial charge on any atom is 0.247 e. The van der Waals surface area contributed by atoms with Gasteiger partial charge in [0.15, 0.2) is 0 Å². The molecule has 0 saturated carbocycles. The van der Waals surface area contributed by atoms with Gasteiger partial charge >= 0.3 is 0 Å². The molecule has 5 heteroatoms. The van der Waals surface area contributed by atoms with Crippen molar-refractivity contribution in [2.45, 2.75) is 26.4 Å². The van der Waals surface area contributed by atoms with Gasteiger partial charge in [0.25, 0.3) is 0 Å².